The summed E-state index contributed by atoms with van der Waals surface area (Å²) < 4.78 is 16.3. The van der Waals surface area contributed by atoms with Gasteiger partial charge in [0.25, 0.3) is 0 Å². The van der Waals surface area contributed by atoms with Crippen LogP contribution in [-0.2, 0) is 17.4 Å². The Bertz CT molecular complexity index is 925. The zero-order chi connectivity index (χ0) is 21.3. The largest absolute Gasteiger partial charge is 0.303 e. The van der Waals surface area contributed by atoms with Crippen molar-refractivity contribution in [2.45, 2.75) is 36.6 Å². The molecular formula is C27H32N2OS. The van der Waals surface area contributed by atoms with E-state index in [1.807, 2.05) is 36.4 Å². The van der Waals surface area contributed by atoms with Crippen LogP contribution in [0.4, 0.5) is 0 Å². The Hall–Kier alpha value is -2.27. The average molecular weight is 433 g/mol. The second kappa shape index (κ2) is 11.4. The molecule has 162 valence electrons. The van der Waals surface area contributed by atoms with Crippen LogP contribution in [0.5, 0.6) is 0 Å². The Kier molecular flexibility index (Phi) is 8.05. The fraction of sp³-hybridized carbons (Fsp3) is 0.333. The van der Waals surface area contributed by atoms with E-state index in [0.29, 0.717) is 0 Å². The molecule has 3 aromatic carbocycles. The van der Waals surface area contributed by atoms with Gasteiger partial charge in [-0.05, 0) is 74.5 Å². The maximum absolute atomic E-state index is 12.9. The van der Waals surface area contributed by atoms with E-state index in [0.717, 1.165) is 36.9 Å². The lowest BCUT2D eigenvalue weighted by molar-refractivity contribution is 0.178. The predicted molar refractivity (Wildman–Crippen MR) is 129 cm³/mol. The van der Waals surface area contributed by atoms with Gasteiger partial charge in [0.2, 0.25) is 0 Å². The van der Waals surface area contributed by atoms with E-state index in [9.17, 15) is 4.21 Å². The minimum atomic E-state index is -1.22. The molecule has 0 saturated carbocycles. The molecule has 0 aliphatic carbocycles. The van der Waals surface area contributed by atoms with E-state index < -0.39 is 11.0 Å². The Morgan fingerprint density at radius 1 is 0.839 bits per heavy atom. The summed E-state index contributed by atoms with van der Waals surface area (Å²) in [4.78, 5) is 3.40. The van der Waals surface area contributed by atoms with Gasteiger partial charge in [-0.15, -0.1) is 0 Å². The van der Waals surface area contributed by atoms with Gasteiger partial charge in [0.15, 0.2) is 0 Å². The highest BCUT2D eigenvalue weighted by Gasteiger charge is 2.21. The van der Waals surface area contributed by atoms with E-state index in [-0.39, 0.29) is 6.04 Å². The summed E-state index contributed by atoms with van der Waals surface area (Å²) in [6.45, 7) is 3.33. The van der Waals surface area contributed by atoms with Gasteiger partial charge in [0, 0.05) is 6.04 Å². The third-order valence-electron chi connectivity index (χ3n) is 6.22. The van der Waals surface area contributed by atoms with Crippen molar-refractivity contribution in [2.75, 3.05) is 19.6 Å². The molecule has 3 nitrogen and oxygen atoms in total. The lowest BCUT2D eigenvalue weighted by Gasteiger charge is -2.33. The zero-order valence-electron chi connectivity index (χ0n) is 18.0. The molecule has 1 N–H and O–H groups in total. The molecule has 0 amide bonds. The first-order chi connectivity index (χ1) is 15.3. The van der Waals surface area contributed by atoms with E-state index >= 15 is 0 Å². The summed E-state index contributed by atoms with van der Waals surface area (Å²) in [6, 6.07) is 31.0. The van der Waals surface area contributed by atoms with Crippen LogP contribution in [-0.4, -0.2) is 28.7 Å². The van der Waals surface area contributed by atoms with Crippen LogP contribution in [0, 0.1) is 5.92 Å². The van der Waals surface area contributed by atoms with Crippen LogP contribution in [0.2, 0.25) is 0 Å². The monoisotopic (exact) mass is 432 g/mol. The molecule has 1 fully saturated rings. The molecule has 4 rings (SSSR count). The Balaban J connectivity index is 1.31. The fourth-order valence-electron chi connectivity index (χ4n) is 4.39. The number of rotatable bonds is 9. The SMILES string of the molecule is O=S(NC(CCN1CCC(Cc2ccccc2)CC1)c1ccccc1)c1ccccc1. The quantitative estimate of drug-likeness (QED) is 0.492. The minimum Gasteiger partial charge on any atom is -0.303 e. The molecule has 1 saturated heterocycles. The van der Waals surface area contributed by atoms with Crippen LogP contribution >= 0.6 is 0 Å². The molecule has 1 aliphatic rings. The summed E-state index contributed by atoms with van der Waals surface area (Å²) in [5, 5.41) is 0. The van der Waals surface area contributed by atoms with Gasteiger partial charge in [-0.2, -0.15) is 0 Å². The lowest BCUT2D eigenvalue weighted by Crippen LogP contribution is -2.37. The maximum Gasteiger partial charge on any atom is 0.125 e. The van der Waals surface area contributed by atoms with Crippen LogP contribution in [0.1, 0.15) is 36.4 Å². The summed E-state index contributed by atoms with van der Waals surface area (Å²) in [5.74, 6) is 0.785. The van der Waals surface area contributed by atoms with Crippen molar-refractivity contribution in [2.24, 2.45) is 5.92 Å². The van der Waals surface area contributed by atoms with Crippen LogP contribution in [0.3, 0.4) is 0 Å². The van der Waals surface area contributed by atoms with Crippen molar-refractivity contribution in [1.82, 2.24) is 9.62 Å². The molecule has 31 heavy (non-hydrogen) atoms. The van der Waals surface area contributed by atoms with Crippen LogP contribution in [0.15, 0.2) is 95.9 Å². The maximum atomic E-state index is 12.9. The third kappa shape index (κ3) is 6.60. The predicted octanol–water partition coefficient (Wildman–Crippen LogP) is 5.38. The fourth-order valence-corrected chi connectivity index (χ4v) is 5.45. The summed E-state index contributed by atoms with van der Waals surface area (Å²) in [5.41, 5.74) is 2.66. The molecule has 4 heteroatoms. The number of nitrogens with one attached hydrogen (secondary N) is 1. The molecule has 1 heterocycles. The van der Waals surface area contributed by atoms with E-state index in [4.69, 9.17) is 0 Å². The van der Waals surface area contributed by atoms with Gasteiger partial charge in [-0.25, -0.2) is 8.93 Å². The smallest absolute Gasteiger partial charge is 0.125 e. The van der Waals surface area contributed by atoms with Crippen molar-refractivity contribution in [1.29, 1.82) is 0 Å². The number of hydrogen-bond acceptors (Lipinski definition) is 2. The lowest BCUT2D eigenvalue weighted by atomic mass is 9.90. The number of hydrogen-bond donors (Lipinski definition) is 1. The average Bonchev–Trinajstić information content (AvgIpc) is 2.84. The van der Waals surface area contributed by atoms with Gasteiger partial charge >= 0.3 is 0 Å². The second-order valence-electron chi connectivity index (χ2n) is 8.43. The molecule has 2 unspecified atom stereocenters. The summed E-state index contributed by atoms with van der Waals surface area (Å²) >= 11 is 0. The molecule has 0 bridgehead atoms. The van der Waals surface area contributed by atoms with Crippen LogP contribution < -0.4 is 4.72 Å². The molecule has 0 spiro atoms. The third-order valence-corrected chi connectivity index (χ3v) is 7.42. The van der Waals surface area contributed by atoms with Crippen molar-refractivity contribution < 1.29 is 4.21 Å². The normalized spacial score (nSPS) is 17.3. The topological polar surface area (TPSA) is 32.3 Å². The second-order valence-corrected chi connectivity index (χ2v) is 9.67. The molecule has 3 aromatic rings. The highest BCUT2D eigenvalue weighted by molar-refractivity contribution is 7.83. The Morgan fingerprint density at radius 2 is 1.42 bits per heavy atom. The first-order valence-corrected chi connectivity index (χ1v) is 12.5. The molecule has 2 atom stereocenters. The summed E-state index contributed by atoms with van der Waals surface area (Å²) in [6.07, 6.45) is 4.66. The number of nitrogens with zero attached hydrogens (tertiary/aromatic N) is 1. The van der Waals surface area contributed by atoms with Gasteiger partial charge in [-0.3, -0.25) is 0 Å². The number of likely N-dealkylation sites (tertiary alicyclic amines) is 1. The summed E-state index contributed by atoms with van der Waals surface area (Å²) in [7, 11) is -1.22. The van der Waals surface area contributed by atoms with Gasteiger partial charge in [0.05, 0.1) is 4.90 Å². The van der Waals surface area contributed by atoms with E-state index in [1.165, 1.54) is 30.4 Å². The van der Waals surface area contributed by atoms with Gasteiger partial charge in [-0.1, -0.05) is 78.9 Å². The zero-order valence-corrected chi connectivity index (χ0v) is 18.8. The van der Waals surface area contributed by atoms with Crippen molar-refractivity contribution >= 4 is 11.0 Å². The molecule has 0 aromatic heterocycles. The minimum absolute atomic E-state index is 0.0734. The first-order valence-electron chi connectivity index (χ1n) is 11.3. The van der Waals surface area contributed by atoms with Crippen molar-refractivity contribution in [3.8, 4) is 0 Å². The first kappa shape index (κ1) is 21.9. The Labute approximate surface area is 189 Å². The van der Waals surface area contributed by atoms with Gasteiger partial charge in [0.1, 0.15) is 11.0 Å². The van der Waals surface area contributed by atoms with Crippen molar-refractivity contribution in [3.05, 3.63) is 102 Å². The highest BCUT2D eigenvalue weighted by Crippen LogP contribution is 2.24. The van der Waals surface area contributed by atoms with E-state index in [2.05, 4.69) is 64.2 Å². The molecule has 0 radical (unpaired) electrons. The standard InChI is InChI=1S/C27H32N2OS/c30-31(26-14-8-3-9-15-26)28-27(25-12-6-2-7-13-25)18-21-29-19-16-24(17-20-29)22-23-10-4-1-5-11-23/h1-15,24,27-28H,16-22H2. The van der Waals surface area contributed by atoms with Gasteiger partial charge < -0.3 is 4.90 Å². The molecule has 1 aliphatic heterocycles. The number of benzene rings is 3. The number of piperidine rings is 1. The van der Waals surface area contributed by atoms with E-state index in [1.54, 1.807) is 0 Å². The highest BCUT2D eigenvalue weighted by atomic mass is 32.2. The van der Waals surface area contributed by atoms with Crippen molar-refractivity contribution in [3.63, 3.8) is 0 Å². The Morgan fingerprint density at radius 3 is 2.06 bits per heavy atom. The van der Waals surface area contributed by atoms with Crippen LogP contribution in [0.25, 0.3) is 0 Å². The molecular weight excluding hydrogens is 400 g/mol.